The average molecular weight is 393 g/mol. The van der Waals surface area contributed by atoms with Crippen molar-refractivity contribution < 1.29 is 9.18 Å². The number of para-hydroxylation sites is 1. The summed E-state index contributed by atoms with van der Waals surface area (Å²) in [6.45, 7) is 1.89. The molecule has 0 bridgehead atoms. The molecule has 1 amide bonds. The molecular formula is C23H24FN3O2. The summed E-state index contributed by atoms with van der Waals surface area (Å²) >= 11 is 0. The van der Waals surface area contributed by atoms with Gasteiger partial charge in [-0.25, -0.2) is 9.37 Å². The smallest absolute Gasteiger partial charge is 0.258 e. The van der Waals surface area contributed by atoms with Gasteiger partial charge >= 0.3 is 0 Å². The van der Waals surface area contributed by atoms with Crippen molar-refractivity contribution >= 4 is 16.8 Å². The van der Waals surface area contributed by atoms with Crippen molar-refractivity contribution in [3.05, 3.63) is 76.1 Å². The molecule has 1 atom stereocenters. The van der Waals surface area contributed by atoms with Crippen molar-refractivity contribution in [2.45, 2.75) is 51.1 Å². The Kier molecular flexibility index (Phi) is 5.43. The van der Waals surface area contributed by atoms with E-state index in [1.165, 1.54) is 6.07 Å². The summed E-state index contributed by atoms with van der Waals surface area (Å²) in [5.41, 5.74) is 1.04. The lowest BCUT2D eigenvalue weighted by molar-refractivity contribution is -0.134. The van der Waals surface area contributed by atoms with Gasteiger partial charge in [0.25, 0.3) is 5.56 Å². The highest BCUT2D eigenvalue weighted by Crippen LogP contribution is 2.35. The fourth-order valence-electron chi connectivity index (χ4n) is 3.84. The van der Waals surface area contributed by atoms with Crippen LogP contribution >= 0.6 is 0 Å². The summed E-state index contributed by atoms with van der Waals surface area (Å²) < 4.78 is 14.2. The highest BCUT2D eigenvalue weighted by Gasteiger charge is 2.36. The van der Waals surface area contributed by atoms with Gasteiger partial charge in [-0.15, -0.1) is 0 Å². The third kappa shape index (κ3) is 4.21. The molecule has 150 valence electrons. The van der Waals surface area contributed by atoms with E-state index in [0.717, 1.165) is 12.8 Å². The molecule has 1 saturated carbocycles. The van der Waals surface area contributed by atoms with Gasteiger partial charge in [-0.1, -0.05) is 30.3 Å². The third-order valence-electron chi connectivity index (χ3n) is 5.47. The van der Waals surface area contributed by atoms with Crippen molar-refractivity contribution in [1.29, 1.82) is 0 Å². The number of benzene rings is 2. The number of H-pyrrole nitrogens is 1. The Bertz CT molecular complexity index is 1090. The molecule has 0 radical (unpaired) electrons. The van der Waals surface area contributed by atoms with Crippen LogP contribution in [0.15, 0.2) is 53.3 Å². The summed E-state index contributed by atoms with van der Waals surface area (Å²) in [5.74, 6) is 0.324. The lowest BCUT2D eigenvalue weighted by atomic mass is 10.0. The Morgan fingerprint density at radius 3 is 2.69 bits per heavy atom. The lowest BCUT2D eigenvalue weighted by Gasteiger charge is -2.30. The maximum Gasteiger partial charge on any atom is 0.258 e. The predicted molar refractivity (Wildman–Crippen MR) is 110 cm³/mol. The number of hydrogen-bond donors (Lipinski definition) is 1. The zero-order valence-corrected chi connectivity index (χ0v) is 16.4. The quantitative estimate of drug-likeness (QED) is 0.656. The number of halogens is 1. The second kappa shape index (κ2) is 8.15. The van der Waals surface area contributed by atoms with Crippen LogP contribution in [0.3, 0.4) is 0 Å². The number of carbonyl (C=O) groups excluding carboxylic acids is 1. The van der Waals surface area contributed by atoms with Crippen LogP contribution in [-0.4, -0.2) is 26.8 Å². The highest BCUT2D eigenvalue weighted by molar-refractivity contribution is 5.78. The van der Waals surface area contributed by atoms with Gasteiger partial charge in [0.15, 0.2) is 0 Å². The molecule has 5 nitrogen and oxygen atoms in total. The normalized spacial score (nSPS) is 14.7. The minimum absolute atomic E-state index is 0.0198. The first-order chi connectivity index (χ1) is 14.0. The van der Waals surface area contributed by atoms with Gasteiger partial charge in [-0.2, -0.15) is 0 Å². The van der Waals surface area contributed by atoms with Crippen molar-refractivity contribution in [3.63, 3.8) is 0 Å². The van der Waals surface area contributed by atoms with E-state index >= 15 is 0 Å². The van der Waals surface area contributed by atoms with E-state index in [4.69, 9.17) is 0 Å². The Morgan fingerprint density at radius 2 is 1.93 bits per heavy atom. The Labute approximate surface area is 168 Å². The highest BCUT2D eigenvalue weighted by atomic mass is 19.1. The van der Waals surface area contributed by atoms with Crippen LogP contribution in [0.5, 0.6) is 0 Å². The molecule has 0 saturated heterocycles. The van der Waals surface area contributed by atoms with Crippen LogP contribution in [-0.2, 0) is 11.2 Å². The van der Waals surface area contributed by atoms with Crippen LogP contribution in [0.4, 0.5) is 4.39 Å². The number of aromatic amines is 1. The topological polar surface area (TPSA) is 66.1 Å². The fraction of sp³-hybridized carbons (Fsp3) is 0.348. The fourth-order valence-corrected chi connectivity index (χ4v) is 3.84. The Balaban J connectivity index is 1.43. The largest absolute Gasteiger partial charge is 0.333 e. The molecule has 1 heterocycles. The number of aryl methyl sites for hydroxylation is 1. The summed E-state index contributed by atoms with van der Waals surface area (Å²) in [5, 5.41) is 0.561. The molecular weight excluding hydrogens is 369 g/mol. The zero-order chi connectivity index (χ0) is 20.4. The molecule has 2 aromatic carbocycles. The molecule has 6 heteroatoms. The number of hydrogen-bond acceptors (Lipinski definition) is 3. The van der Waals surface area contributed by atoms with Crippen LogP contribution < -0.4 is 5.56 Å². The average Bonchev–Trinajstić information content (AvgIpc) is 3.53. The van der Waals surface area contributed by atoms with Gasteiger partial charge in [0.2, 0.25) is 5.91 Å². The van der Waals surface area contributed by atoms with Gasteiger partial charge in [-0.3, -0.25) is 9.59 Å². The first-order valence-electron chi connectivity index (χ1n) is 10.1. The minimum atomic E-state index is -0.296. The second-order valence-corrected chi connectivity index (χ2v) is 7.61. The molecule has 1 unspecified atom stereocenters. The summed E-state index contributed by atoms with van der Waals surface area (Å²) in [4.78, 5) is 34.2. The summed E-state index contributed by atoms with van der Waals surface area (Å²) in [6, 6.07) is 13.7. The number of rotatable bonds is 7. The van der Waals surface area contributed by atoms with E-state index in [0.29, 0.717) is 41.6 Å². The SMILES string of the molecule is CC(c1ccccc1F)N(C(=O)CCCc1nc2ccccc2c(=O)[nH]1)C1CC1. The van der Waals surface area contributed by atoms with Crippen LogP contribution in [0.2, 0.25) is 0 Å². The summed E-state index contributed by atoms with van der Waals surface area (Å²) in [7, 11) is 0. The molecule has 0 spiro atoms. The van der Waals surface area contributed by atoms with E-state index < -0.39 is 0 Å². The molecule has 1 fully saturated rings. The number of carbonyl (C=O) groups is 1. The third-order valence-corrected chi connectivity index (χ3v) is 5.47. The molecule has 3 aromatic rings. The maximum atomic E-state index is 14.2. The number of amides is 1. The second-order valence-electron chi connectivity index (χ2n) is 7.61. The van der Waals surface area contributed by atoms with Crippen molar-refractivity contribution in [2.24, 2.45) is 0 Å². The lowest BCUT2D eigenvalue weighted by Crippen LogP contribution is -2.35. The number of nitrogens with zero attached hydrogens (tertiary/aromatic N) is 2. The van der Waals surface area contributed by atoms with Gasteiger partial charge in [0, 0.05) is 24.4 Å². The Morgan fingerprint density at radius 1 is 1.21 bits per heavy atom. The van der Waals surface area contributed by atoms with Crippen molar-refractivity contribution in [2.75, 3.05) is 0 Å². The Hall–Kier alpha value is -3.02. The maximum absolute atomic E-state index is 14.2. The van der Waals surface area contributed by atoms with E-state index in [-0.39, 0.29) is 29.4 Å². The number of fused-ring (bicyclic) bond motifs is 1. The molecule has 0 aliphatic heterocycles. The van der Waals surface area contributed by atoms with Crippen LogP contribution in [0.1, 0.15) is 50.0 Å². The van der Waals surface area contributed by atoms with Gasteiger partial charge < -0.3 is 9.88 Å². The summed E-state index contributed by atoms with van der Waals surface area (Å²) in [6.07, 6.45) is 3.35. The molecule has 1 aliphatic carbocycles. The number of aromatic nitrogens is 2. The molecule has 29 heavy (non-hydrogen) atoms. The molecule has 4 rings (SSSR count). The predicted octanol–water partition coefficient (Wildman–Crippen LogP) is 4.14. The van der Waals surface area contributed by atoms with E-state index in [9.17, 15) is 14.0 Å². The van der Waals surface area contributed by atoms with Crippen LogP contribution in [0.25, 0.3) is 10.9 Å². The minimum Gasteiger partial charge on any atom is -0.333 e. The van der Waals surface area contributed by atoms with Crippen molar-refractivity contribution in [3.8, 4) is 0 Å². The van der Waals surface area contributed by atoms with Crippen molar-refractivity contribution in [1.82, 2.24) is 14.9 Å². The first kappa shape index (κ1) is 19.3. The monoisotopic (exact) mass is 393 g/mol. The van der Waals surface area contributed by atoms with E-state index in [1.807, 2.05) is 24.0 Å². The van der Waals surface area contributed by atoms with Crippen LogP contribution in [0, 0.1) is 5.82 Å². The molecule has 1 N–H and O–H groups in total. The number of nitrogens with one attached hydrogen (secondary N) is 1. The molecule has 1 aliphatic rings. The first-order valence-corrected chi connectivity index (χ1v) is 10.1. The van der Waals surface area contributed by atoms with Gasteiger partial charge in [-0.05, 0) is 44.4 Å². The zero-order valence-electron chi connectivity index (χ0n) is 16.4. The van der Waals surface area contributed by atoms with Gasteiger partial charge in [0.1, 0.15) is 11.6 Å². The van der Waals surface area contributed by atoms with E-state index in [2.05, 4.69) is 9.97 Å². The van der Waals surface area contributed by atoms with E-state index in [1.54, 1.807) is 30.3 Å². The standard InChI is InChI=1S/C23H24FN3O2/c1-15(17-7-2-4-9-19(17)24)27(16-13-14-16)22(28)12-6-11-21-25-20-10-5-3-8-18(20)23(29)26-21/h2-5,7-10,15-16H,6,11-14H2,1H3,(H,25,26,29). The van der Waals surface area contributed by atoms with Gasteiger partial charge in [0.05, 0.1) is 16.9 Å². The molecule has 1 aromatic heterocycles.